The van der Waals surface area contributed by atoms with E-state index in [-0.39, 0.29) is 11.8 Å². The molecular weight excluding hydrogens is 254 g/mol. The van der Waals surface area contributed by atoms with Crippen LogP contribution >= 0.6 is 0 Å². The van der Waals surface area contributed by atoms with Crippen molar-refractivity contribution in [2.24, 2.45) is 0 Å². The minimum absolute atomic E-state index is 0.196. The van der Waals surface area contributed by atoms with E-state index in [1.165, 1.54) is 5.56 Å². The van der Waals surface area contributed by atoms with Gasteiger partial charge in [0.25, 0.3) is 0 Å². The molecule has 20 heavy (non-hydrogen) atoms. The van der Waals surface area contributed by atoms with Gasteiger partial charge in [-0.05, 0) is 18.9 Å². The number of aromatic nitrogens is 2. The summed E-state index contributed by atoms with van der Waals surface area (Å²) in [6.45, 7) is 3.18. The van der Waals surface area contributed by atoms with Crippen molar-refractivity contribution in [3.05, 3.63) is 47.6 Å². The first-order chi connectivity index (χ1) is 9.72. The van der Waals surface area contributed by atoms with Crippen molar-refractivity contribution < 1.29 is 9.32 Å². The molecule has 1 aromatic heterocycles. The summed E-state index contributed by atoms with van der Waals surface area (Å²) in [7, 11) is 0. The summed E-state index contributed by atoms with van der Waals surface area (Å²) in [5, 5.41) is 3.78. The van der Waals surface area contributed by atoms with Crippen LogP contribution < -0.4 is 0 Å². The Morgan fingerprint density at radius 1 is 1.35 bits per heavy atom. The topological polar surface area (TPSA) is 59.2 Å². The molecule has 0 N–H and O–H groups in total. The third-order valence-electron chi connectivity index (χ3n) is 3.60. The van der Waals surface area contributed by atoms with Crippen LogP contribution in [-0.4, -0.2) is 34.0 Å². The average Bonchev–Trinajstić information content (AvgIpc) is 2.82. The van der Waals surface area contributed by atoms with Crippen LogP contribution in [0.5, 0.6) is 0 Å². The number of carbonyl (C=O) groups is 1. The molecule has 1 saturated heterocycles. The fraction of sp³-hybridized carbons (Fsp3) is 0.400. The maximum absolute atomic E-state index is 12.0. The molecule has 5 heteroatoms. The number of nitrogens with zero attached hydrogens (tertiary/aromatic N) is 3. The van der Waals surface area contributed by atoms with E-state index in [1.54, 1.807) is 6.92 Å². The lowest BCUT2D eigenvalue weighted by atomic mass is 9.99. The largest absolute Gasteiger partial charge is 0.341 e. The van der Waals surface area contributed by atoms with E-state index in [2.05, 4.69) is 10.1 Å². The predicted octanol–water partition coefficient (Wildman–Crippen LogP) is 1.94. The fourth-order valence-electron chi connectivity index (χ4n) is 2.37. The van der Waals surface area contributed by atoms with Gasteiger partial charge in [0.1, 0.15) is 0 Å². The lowest BCUT2D eigenvalue weighted by Gasteiger charge is -2.37. The van der Waals surface area contributed by atoms with Gasteiger partial charge in [0, 0.05) is 19.5 Å². The summed E-state index contributed by atoms with van der Waals surface area (Å²) in [5.74, 6) is 1.70. The Hall–Kier alpha value is -2.17. The van der Waals surface area contributed by atoms with E-state index >= 15 is 0 Å². The van der Waals surface area contributed by atoms with Gasteiger partial charge in [-0.1, -0.05) is 35.5 Å². The molecule has 2 heterocycles. The summed E-state index contributed by atoms with van der Waals surface area (Å²) in [4.78, 5) is 18.1. The van der Waals surface area contributed by atoms with Crippen LogP contribution in [0.1, 0.15) is 29.6 Å². The number of rotatable bonds is 4. The van der Waals surface area contributed by atoms with Gasteiger partial charge in [0.2, 0.25) is 11.8 Å². The Labute approximate surface area is 117 Å². The van der Waals surface area contributed by atoms with Crippen molar-refractivity contribution >= 4 is 5.91 Å². The molecule has 5 nitrogen and oxygen atoms in total. The molecular formula is C15H17N3O2. The van der Waals surface area contributed by atoms with Crippen LogP contribution in [-0.2, 0) is 11.2 Å². The van der Waals surface area contributed by atoms with E-state index in [0.717, 1.165) is 6.42 Å². The molecule has 0 aliphatic carbocycles. The normalized spacial score (nSPS) is 15.2. The third-order valence-corrected chi connectivity index (χ3v) is 3.60. The fourth-order valence-corrected chi connectivity index (χ4v) is 2.37. The summed E-state index contributed by atoms with van der Waals surface area (Å²) >= 11 is 0. The summed E-state index contributed by atoms with van der Waals surface area (Å²) < 4.78 is 5.13. The van der Waals surface area contributed by atoms with Crippen LogP contribution in [0.4, 0.5) is 0 Å². The van der Waals surface area contributed by atoms with Crippen molar-refractivity contribution in [2.45, 2.75) is 25.7 Å². The maximum atomic E-state index is 12.0. The van der Waals surface area contributed by atoms with E-state index in [4.69, 9.17) is 4.52 Å². The number of likely N-dealkylation sites (tertiary alicyclic amines) is 1. The Morgan fingerprint density at radius 3 is 2.75 bits per heavy atom. The van der Waals surface area contributed by atoms with Gasteiger partial charge < -0.3 is 9.42 Å². The quantitative estimate of drug-likeness (QED) is 0.852. The second kappa shape index (κ2) is 5.45. The SMILES string of the molecule is Cc1noc(C2CN(C(=O)CCc3ccccc3)C2)n1. The lowest BCUT2D eigenvalue weighted by molar-refractivity contribution is -0.135. The second-order valence-electron chi connectivity index (χ2n) is 5.16. The zero-order valence-corrected chi connectivity index (χ0v) is 11.5. The van der Waals surface area contributed by atoms with Crippen molar-refractivity contribution in [1.82, 2.24) is 15.0 Å². The van der Waals surface area contributed by atoms with E-state index in [1.807, 2.05) is 35.2 Å². The highest BCUT2D eigenvalue weighted by molar-refractivity contribution is 5.77. The highest BCUT2D eigenvalue weighted by Gasteiger charge is 2.34. The molecule has 0 radical (unpaired) electrons. The molecule has 1 amide bonds. The van der Waals surface area contributed by atoms with Gasteiger partial charge in [0.15, 0.2) is 5.82 Å². The number of amides is 1. The van der Waals surface area contributed by atoms with Gasteiger partial charge in [0.05, 0.1) is 5.92 Å². The maximum Gasteiger partial charge on any atom is 0.233 e. The van der Waals surface area contributed by atoms with Crippen LogP contribution in [0.15, 0.2) is 34.9 Å². The third kappa shape index (κ3) is 2.71. The number of aryl methyl sites for hydroxylation is 2. The monoisotopic (exact) mass is 271 g/mol. The van der Waals surface area contributed by atoms with Gasteiger partial charge >= 0.3 is 0 Å². The standard InChI is InChI=1S/C15H17N3O2/c1-11-16-15(20-17-11)13-9-18(10-13)14(19)8-7-12-5-3-2-4-6-12/h2-6,13H,7-10H2,1H3. The Balaban J connectivity index is 1.46. The highest BCUT2D eigenvalue weighted by atomic mass is 16.5. The molecule has 2 aromatic rings. The van der Waals surface area contributed by atoms with Crippen LogP contribution in [0.3, 0.4) is 0 Å². The number of hydrogen-bond donors (Lipinski definition) is 0. The predicted molar refractivity (Wildman–Crippen MR) is 73.1 cm³/mol. The van der Waals surface area contributed by atoms with E-state index < -0.39 is 0 Å². The van der Waals surface area contributed by atoms with Gasteiger partial charge in [-0.2, -0.15) is 4.98 Å². The highest BCUT2D eigenvalue weighted by Crippen LogP contribution is 2.26. The van der Waals surface area contributed by atoms with Crippen LogP contribution in [0.2, 0.25) is 0 Å². The number of hydrogen-bond acceptors (Lipinski definition) is 4. The smallest absolute Gasteiger partial charge is 0.233 e. The lowest BCUT2D eigenvalue weighted by Crippen LogP contribution is -2.48. The van der Waals surface area contributed by atoms with Gasteiger partial charge in [-0.3, -0.25) is 4.79 Å². The zero-order chi connectivity index (χ0) is 13.9. The molecule has 1 fully saturated rings. The van der Waals surface area contributed by atoms with E-state index in [9.17, 15) is 4.79 Å². The Kier molecular flexibility index (Phi) is 3.50. The van der Waals surface area contributed by atoms with Gasteiger partial charge in [-0.25, -0.2) is 0 Å². The molecule has 1 aliphatic heterocycles. The first kappa shape index (κ1) is 12.8. The molecule has 1 aromatic carbocycles. The van der Waals surface area contributed by atoms with Crippen LogP contribution in [0, 0.1) is 6.92 Å². The van der Waals surface area contributed by atoms with E-state index in [0.29, 0.717) is 31.2 Å². The minimum atomic E-state index is 0.196. The minimum Gasteiger partial charge on any atom is -0.341 e. The van der Waals surface area contributed by atoms with Crippen molar-refractivity contribution in [3.63, 3.8) is 0 Å². The first-order valence-corrected chi connectivity index (χ1v) is 6.84. The van der Waals surface area contributed by atoms with Crippen molar-refractivity contribution in [1.29, 1.82) is 0 Å². The van der Waals surface area contributed by atoms with Gasteiger partial charge in [-0.15, -0.1) is 0 Å². The molecule has 0 unspecified atom stereocenters. The second-order valence-corrected chi connectivity index (χ2v) is 5.16. The average molecular weight is 271 g/mol. The van der Waals surface area contributed by atoms with Crippen molar-refractivity contribution in [2.75, 3.05) is 13.1 Å². The first-order valence-electron chi connectivity index (χ1n) is 6.84. The summed E-state index contributed by atoms with van der Waals surface area (Å²) in [5.41, 5.74) is 1.20. The Morgan fingerprint density at radius 2 is 2.10 bits per heavy atom. The van der Waals surface area contributed by atoms with Crippen LogP contribution in [0.25, 0.3) is 0 Å². The molecule has 0 bridgehead atoms. The summed E-state index contributed by atoms with van der Waals surface area (Å²) in [6.07, 6.45) is 1.35. The molecule has 3 rings (SSSR count). The molecule has 1 aliphatic rings. The zero-order valence-electron chi connectivity index (χ0n) is 11.5. The number of benzene rings is 1. The summed E-state index contributed by atoms with van der Waals surface area (Å²) in [6, 6.07) is 10.1. The molecule has 0 atom stereocenters. The molecule has 0 spiro atoms. The molecule has 104 valence electrons. The number of carbonyl (C=O) groups excluding carboxylic acids is 1. The van der Waals surface area contributed by atoms with Crippen molar-refractivity contribution in [3.8, 4) is 0 Å². The molecule has 0 saturated carbocycles. The Bertz CT molecular complexity index is 588.